The standard InChI is InChI=1S/C7H8N4S/c1-2-4-7(5-3-1)12-11-9-6-8-10-11/h1-5,9H,6H2. The van der Waals surface area contributed by atoms with E-state index >= 15 is 0 Å². The van der Waals surface area contributed by atoms with Crippen LogP contribution in [0, 0.1) is 0 Å². The smallest absolute Gasteiger partial charge is 0.131 e. The third kappa shape index (κ3) is 1.75. The SMILES string of the molecule is c1ccc(SN2N=NCN2)cc1. The van der Waals surface area contributed by atoms with Crippen LogP contribution < -0.4 is 5.43 Å². The van der Waals surface area contributed by atoms with Crippen LogP contribution >= 0.6 is 11.9 Å². The van der Waals surface area contributed by atoms with Crippen LogP contribution in [-0.4, -0.2) is 11.2 Å². The molecule has 0 saturated heterocycles. The van der Waals surface area contributed by atoms with Gasteiger partial charge in [-0.1, -0.05) is 18.2 Å². The van der Waals surface area contributed by atoms with Gasteiger partial charge in [0.05, 0.1) is 0 Å². The molecule has 1 aromatic rings. The lowest BCUT2D eigenvalue weighted by Gasteiger charge is -2.08. The largest absolute Gasteiger partial charge is 0.182 e. The molecule has 0 aliphatic carbocycles. The Morgan fingerprint density at radius 1 is 1.33 bits per heavy atom. The van der Waals surface area contributed by atoms with Gasteiger partial charge in [-0.15, -0.1) is 4.52 Å². The first-order valence-corrected chi connectivity index (χ1v) is 4.36. The molecule has 4 nitrogen and oxygen atoms in total. The van der Waals surface area contributed by atoms with Crippen LogP contribution in [0.1, 0.15) is 0 Å². The summed E-state index contributed by atoms with van der Waals surface area (Å²) in [5.41, 5.74) is 2.97. The summed E-state index contributed by atoms with van der Waals surface area (Å²) in [6.07, 6.45) is 0. The molecule has 62 valence electrons. The fourth-order valence-corrected chi connectivity index (χ4v) is 1.53. The van der Waals surface area contributed by atoms with Crippen molar-refractivity contribution in [2.75, 3.05) is 6.67 Å². The summed E-state index contributed by atoms with van der Waals surface area (Å²) in [6.45, 7) is 0.569. The molecule has 0 fully saturated rings. The van der Waals surface area contributed by atoms with E-state index < -0.39 is 0 Å². The molecule has 2 rings (SSSR count). The van der Waals surface area contributed by atoms with E-state index in [1.165, 1.54) is 11.9 Å². The van der Waals surface area contributed by atoms with Gasteiger partial charge in [0, 0.05) is 16.8 Å². The topological polar surface area (TPSA) is 40.0 Å². The zero-order valence-electron chi connectivity index (χ0n) is 6.34. The van der Waals surface area contributed by atoms with Crippen molar-refractivity contribution in [1.29, 1.82) is 0 Å². The summed E-state index contributed by atoms with van der Waals surface area (Å²) in [4.78, 5) is 1.14. The third-order valence-corrected chi connectivity index (χ3v) is 2.21. The molecule has 0 atom stereocenters. The molecule has 5 heteroatoms. The highest BCUT2D eigenvalue weighted by atomic mass is 32.2. The lowest BCUT2D eigenvalue weighted by atomic mass is 10.4. The van der Waals surface area contributed by atoms with Gasteiger partial charge in [0.15, 0.2) is 0 Å². The summed E-state index contributed by atoms with van der Waals surface area (Å²) < 4.78 is 1.65. The minimum absolute atomic E-state index is 0.569. The van der Waals surface area contributed by atoms with Crippen molar-refractivity contribution in [3.05, 3.63) is 30.3 Å². The average molecular weight is 180 g/mol. The first-order chi connectivity index (χ1) is 5.95. The Morgan fingerprint density at radius 3 is 2.83 bits per heavy atom. The molecule has 0 spiro atoms. The van der Waals surface area contributed by atoms with E-state index in [0.717, 1.165) is 4.90 Å². The van der Waals surface area contributed by atoms with E-state index in [1.54, 1.807) is 4.52 Å². The Labute approximate surface area is 74.7 Å². The van der Waals surface area contributed by atoms with E-state index in [2.05, 4.69) is 15.8 Å². The van der Waals surface area contributed by atoms with E-state index in [9.17, 15) is 0 Å². The highest BCUT2D eigenvalue weighted by Crippen LogP contribution is 2.21. The number of hydrazine groups is 1. The van der Waals surface area contributed by atoms with Gasteiger partial charge in [-0.25, -0.2) is 0 Å². The summed E-state index contributed by atoms with van der Waals surface area (Å²) in [5.74, 6) is 0. The minimum atomic E-state index is 0.569. The maximum absolute atomic E-state index is 3.84. The molecule has 0 bridgehead atoms. The molecule has 1 N–H and O–H groups in total. The fraction of sp³-hybridized carbons (Fsp3) is 0.143. The first kappa shape index (κ1) is 7.57. The molecule has 1 aromatic carbocycles. The first-order valence-electron chi connectivity index (χ1n) is 3.59. The van der Waals surface area contributed by atoms with Crippen molar-refractivity contribution in [3.8, 4) is 0 Å². The lowest BCUT2D eigenvalue weighted by molar-refractivity contribution is 0.428. The van der Waals surface area contributed by atoms with Gasteiger partial charge >= 0.3 is 0 Å². The summed E-state index contributed by atoms with van der Waals surface area (Å²) in [5, 5.41) is 7.62. The number of hydrogen-bond acceptors (Lipinski definition) is 5. The number of hydrogen-bond donors (Lipinski definition) is 1. The second kappa shape index (κ2) is 3.55. The van der Waals surface area contributed by atoms with Gasteiger partial charge in [-0.2, -0.15) is 10.5 Å². The van der Waals surface area contributed by atoms with Gasteiger partial charge in [-0.05, 0) is 17.4 Å². The molecule has 0 unspecified atom stereocenters. The van der Waals surface area contributed by atoms with Crippen LogP contribution in [0.3, 0.4) is 0 Å². The van der Waals surface area contributed by atoms with Gasteiger partial charge < -0.3 is 0 Å². The fourth-order valence-electron chi connectivity index (χ4n) is 0.845. The zero-order valence-corrected chi connectivity index (χ0v) is 7.16. The number of nitrogens with zero attached hydrogens (tertiary/aromatic N) is 3. The van der Waals surface area contributed by atoms with Crippen LogP contribution in [-0.2, 0) is 0 Å². The van der Waals surface area contributed by atoms with E-state index in [1.807, 2.05) is 30.3 Å². The Hall–Kier alpha value is -1.07. The molecule has 0 radical (unpaired) electrons. The van der Waals surface area contributed by atoms with Crippen molar-refractivity contribution in [3.63, 3.8) is 0 Å². The molecule has 1 aliphatic rings. The van der Waals surface area contributed by atoms with Crippen LogP contribution in [0.25, 0.3) is 0 Å². The van der Waals surface area contributed by atoms with Gasteiger partial charge in [0.25, 0.3) is 0 Å². The molecule has 12 heavy (non-hydrogen) atoms. The second-order valence-electron chi connectivity index (χ2n) is 2.22. The van der Waals surface area contributed by atoms with Gasteiger partial charge in [-0.3, -0.25) is 0 Å². The molecule has 1 aliphatic heterocycles. The number of nitrogens with one attached hydrogen (secondary N) is 1. The number of rotatable bonds is 2. The van der Waals surface area contributed by atoms with Gasteiger partial charge in [0.1, 0.15) is 6.67 Å². The quantitative estimate of drug-likeness (QED) is 0.706. The molecule has 1 heterocycles. The molecular weight excluding hydrogens is 172 g/mol. The Kier molecular flexibility index (Phi) is 2.24. The van der Waals surface area contributed by atoms with Crippen molar-refractivity contribution < 1.29 is 0 Å². The monoisotopic (exact) mass is 180 g/mol. The maximum Gasteiger partial charge on any atom is 0.131 e. The highest BCUT2D eigenvalue weighted by molar-refractivity contribution is 7.97. The normalized spacial score (nSPS) is 15.5. The number of benzene rings is 1. The maximum atomic E-state index is 3.84. The summed E-state index contributed by atoms with van der Waals surface area (Å²) in [7, 11) is 0. The second-order valence-corrected chi connectivity index (χ2v) is 3.22. The van der Waals surface area contributed by atoms with Crippen molar-refractivity contribution in [1.82, 2.24) is 9.95 Å². The molecule has 0 amide bonds. The van der Waals surface area contributed by atoms with Gasteiger partial charge in [0.2, 0.25) is 0 Å². The van der Waals surface area contributed by atoms with E-state index in [0.29, 0.717) is 6.67 Å². The van der Waals surface area contributed by atoms with Crippen LogP contribution in [0.4, 0.5) is 0 Å². The minimum Gasteiger partial charge on any atom is -0.182 e. The Bertz CT molecular complexity index is 274. The highest BCUT2D eigenvalue weighted by Gasteiger charge is 2.06. The van der Waals surface area contributed by atoms with Crippen LogP contribution in [0.5, 0.6) is 0 Å². The molecular formula is C7H8N4S. The zero-order chi connectivity index (χ0) is 8.23. The van der Waals surface area contributed by atoms with Crippen LogP contribution in [0.15, 0.2) is 45.6 Å². The van der Waals surface area contributed by atoms with E-state index in [-0.39, 0.29) is 0 Å². The van der Waals surface area contributed by atoms with Crippen molar-refractivity contribution in [2.45, 2.75) is 4.90 Å². The summed E-state index contributed by atoms with van der Waals surface area (Å²) in [6, 6.07) is 10.0. The predicted molar refractivity (Wildman–Crippen MR) is 47.0 cm³/mol. The predicted octanol–water partition coefficient (Wildman–Crippen LogP) is 1.84. The van der Waals surface area contributed by atoms with Crippen molar-refractivity contribution in [2.24, 2.45) is 10.3 Å². The molecule has 0 saturated carbocycles. The van der Waals surface area contributed by atoms with E-state index in [4.69, 9.17) is 0 Å². The lowest BCUT2D eigenvalue weighted by Crippen LogP contribution is -2.21. The molecule has 0 aromatic heterocycles. The third-order valence-electron chi connectivity index (χ3n) is 1.36. The Morgan fingerprint density at radius 2 is 2.17 bits per heavy atom. The summed E-state index contributed by atoms with van der Waals surface area (Å²) >= 11 is 1.51. The van der Waals surface area contributed by atoms with Crippen LogP contribution in [0.2, 0.25) is 0 Å². The Balaban J connectivity index is 1.99. The van der Waals surface area contributed by atoms with Crippen molar-refractivity contribution >= 4 is 11.9 Å². The average Bonchev–Trinajstić information content (AvgIpc) is 2.59.